The van der Waals surface area contributed by atoms with Crippen molar-refractivity contribution in [1.29, 1.82) is 0 Å². The quantitative estimate of drug-likeness (QED) is 0.601. The van der Waals surface area contributed by atoms with Crippen LogP contribution in [0, 0.1) is 10.1 Å². The number of halogens is 4. The van der Waals surface area contributed by atoms with Gasteiger partial charge in [0, 0.05) is 21.8 Å². The monoisotopic (exact) mass is 402 g/mol. The van der Waals surface area contributed by atoms with Gasteiger partial charge in [-0.1, -0.05) is 34.1 Å². The summed E-state index contributed by atoms with van der Waals surface area (Å²) in [5, 5.41) is 13.2. The van der Waals surface area contributed by atoms with E-state index >= 15 is 0 Å². The molecule has 0 aliphatic heterocycles. The number of anilines is 1. The number of carbonyl (C=O) groups excluding carboxylic acids is 1. The van der Waals surface area contributed by atoms with Gasteiger partial charge in [-0.2, -0.15) is 13.2 Å². The summed E-state index contributed by atoms with van der Waals surface area (Å²) in [5.74, 6) is -0.653. The predicted molar refractivity (Wildman–Crippen MR) is 84.6 cm³/mol. The second-order valence-electron chi connectivity index (χ2n) is 4.80. The summed E-state index contributed by atoms with van der Waals surface area (Å²) in [4.78, 5) is 22.3. The van der Waals surface area contributed by atoms with Crippen LogP contribution in [0.1, 0.15) is 11.1 Å². The maximum atomic E-state index is 12.8. The number of nitrogens with zero attached hydrogens (tertiary/aromatic N) is 1. The largest absolute Gasteiger partial charge is 0.417 e. The molecule has 0 radical (unpaired) electrons. The Balaban J connectivity index is 2.18. The molecule has 0 bridgehead atoms. The van der Waals surface area contributed by atoms with Crippen molar-refractivity contribution in [1.82, 2.24) is 0 Å². The van der Waals surface area contributed by atoms with Crippen molar-refractivity contribution in [3.05, 3.63) is 68.2 Å². The molecule has 24 heavy (non-hydrogen) atoms. The van der Waals surface area contributed by atoms with Crippen LogP contribution in [0.25, 0.3) is 0 Å². The van der Waals surface area contributed by atoms with Crippen LogP contribution in [0.2, 0.25) is 0 Å². The molecule has 0 saturated heterocycles. The molecule has 0 aliphatic carbocycles. The van der Waals surface area contributed by atoms with Crippen LogP contribution in [0.3, 0.4) is 0 Å². The fourth-order valence-electron chi connectivity index (χ4n) is 2.04. The molecule has 0 spiro atoms. The second-order valence-corrected chi connectivity index (χ2v) is 5.66. The van der Waals surface area contributed by atoms with Gasteiger partial charge in [-0.25, -0.2) is 0 Å². The molecule has 2 aromatic rings. The number of hydrogen-bond donors (Lipinski definition) is 1. The van der Waals surface area contributed by atoms with Crippen LogP contribution in [-0.2, 0) is 17.4 Å². The van der Waals surface area contributed by atoms with Gasteiger partial charge in [0.25, 0.3) is 5.69 Å². The van der Waals surface area contributed by atoms with Crippen molar-refractivity contribution in [2.45, 2.75) is 12.6 Å². The van der Waals surface area contributed by atoms with Gasteiger partial charge in [-0.15, -0.1) is 0 Å². The van der Waals surface area contributed by atoms with Crippen LogP contribution >= 0.6 is 15.9 Å². The minimum Gasteiger partial charge on any atom is -0.326 e. The summed E-state index contributed by atoms with van der Waals surface area (Å²) in [7, 11) is 0. The van der Waals surface area contributed by atoms with Gasteiger partial charge in [-0.3, -0.25) is 14.9 Å². The van der Waals surface area contributed by atoms with Crippen molar-refractivity contribution in [3.8, 4) is 0 Å². The van der Waals surface area contributed by atoms with E-state index in [1.54, 1.807) is 0 Å². The third-order valence-corrected chi connectivity index (χ3v) is 3.79. The molecule has 2 rings (SSSR count). The smallest absolute Gasteiger partial charge is 0.326 e. The first-order chi connectivity index (χ1) is 11.2. The fraction of sp³-hybridized carbons (Fsp3) is 0.133. The molecule has 9 heteroatoms. The molecule has 1 amide bonds. The van der Waals surface area contributed by atoms with Crippen molar-refractivity contribution < 1.29 is 22.9 Å². The molecule has 0 atom stereocenters. The molecule has 5 nitrogen and oxygen atoms in total. The molecular weight excluding hydrogens is 393 g/mol. The highest BCUT2D eigenvalue weighted by molar-refractivity contribution is 9.10. The van der Waals surface area contributed by atoms with Crippen LogP contribution in [0.5, 0.6) is 0 Å². The first-order valence-corrected chi connectivity index (χ1v) is 7.36. The summed E-state index contributed by atoms with van der Waals surface area (Å²) in [6, 6.07) is 8.94. The summed E-state index contributed by atoms with van der Waals surface area (Å²) in [6.45, 7) is 0. The van der Waals surface area contributed by atoms with Crippen molar-refractivity contribution in [2.75, 3.05) is 5.32 Å². The van der Waals surface area contributed by atoms with Gasteiger partial charge >= 0.3 is 6.18 Å². The predicted octanol–water partition coefficient (Wildman–Crippen LogP) is 4.56. The lowest BCUT2D eigenvalue weighted by atomic mass is 10.1. The minimum absolute atomic E-state index is 0.0471. The third-order valence-electron chi connectivity index (χ3n) is 3.09. The van der Waals surface area contributed by atoms with Crippen molar-refractivity contribution >= 4 is 33.2 Å². The van der Waals surface area contributed by atoms with E-state index in [9.17, 15) is 28.1 Å². The van der Waals surface area contributed by atoms with Gasteiger partial charge in [0.15, 0.2) is 0 Å². The number of alkyl halides is 3. The SMILES string of the molecule is O=C(Cc1ccccc1[N+](=O)[O-])Nc1ccc(Br)c(C(F)(F)F)c1. The van der Waals surface area contributed by atoms with Gasteiger partial charge in [0.05, 0.1) is 16.9 Å². The number of amides is 1. The lowest BCUT2D eigenvalue weighted by Gasteiger charge is -2.12. The standard InChI is InChI=1S/C15H10BrF3N2O3/c16-12-6-5-10(8-11(12)15(17,18)19)20-14(22)7-9-3-1-2-4-13(9)21(23)24/h1-6,8H,7H2,(H,20,22). The third kappa shape index (κ3) is 4.31. The van der Waals surface area contributed by atoms with Gasteiger partial charge in [0.2, 0.25) is 5.91 Å². The first kappa shape index (κ1) is 17.9. The molecule has 0 heterocycles. The Hall–Kier alpha value is -2.42. The lowest BCUT2D eigenvalue weighted by molar-refractivity contribution is -0.385. The molecule has 126 valence electrons. The van der Waals surface area contributed by atoms with Gasteiger partial charge in [-0.05, 0) is 18.2 Å². The average molecular weight is 403 g/mol. The zero-order valence-electron chi connectivity index (χ0n) is 11.9. The van der Waals surface area contributed by atoms with E-state index in [0.29, 0.717) is 0 Å². The van der Waals surface area contributed by atoms with Crippen molar-refractivity contribution in [2.24, 2.45) is 0 Å². The molecule has 0 aromatic heterocycles. The van der Waals surface area contributed by atoms with Gasteiger partial charge < -0.3 is 5.32 Å². The van der Waals surface area contributed by atoms with Crippen LogP contribution in [0.4, 0.5) is 24.5 Å². The molecular formula is C15H10BrF3N2O3. The van der Waals surface area contributed by atoms with E-state index in [1.165, 1.54) is 36.4 Å². The number of nitro groups is 1. The summed E-state index contributed by atoms with van der Waals surface area (Å²) >= 11 is 2.80. The number of benzene rings is 2. The number of carbonyl (C=O) groups is 1. The molecule has 2 aromatic carbocycles. The zero-order valence-corrected chi connectivity index (χ0v) is 13.5. The van der Waals surface area contributed by atoms with E-state index in [2.05, 4.69) is 21.2 Å². The highest BCUT2D eigenvalue weighted by atomic mass is 79.9. The average Bonchev–Trinajstić information content (AvgIpc) is 2.48. The highest BCUT2D eigenvalue weighted by Gasteiger charge is 2.33. The Morgan fingerprint density at radius 2 is 1.88 bits per heavy atom. The molecule has 0 unspecified atom stereocenters. The topological polar surface area (TPSA) is 72.2 Å². The van der Waals surface area contributed by atoms with E-state index < -0.39 is 22.6 Å². The maximum Gasteiger partial charge on any atom is 0.417 e. The normalized spacial score (nSPS) is 11.2. The summed E-state index contributed by atoms with van der Waals surface area (Å²) in [5.41, 5.74) is -1.02. The number of para-hydroxylation sites is 1. The minimum atomic E-state index is -4.57. The summed E-state index contributed by atoms with van der Waals surface area (Å²) < 4.78 is 38.4. The fourth-order valence-corrected chi connectivity index (χ4v) is 2.51. The second kappa shape index (κ2) is 7.00. The summed E-state index contributed by atoms with van der Waals surface area (Å²) in [6.07, 6.45) is -4.90. The van der Waals surface area contributed by atoms with Crippen LogP contribution in [0.15, 0.2) is 46.9 Å². The Kier molecular flexibility index (Phi) is 5.23. The number of nitrogens with one attached hydrogen (secondary N) is 1. The van der Waals surface area contributed by atoms with E-state index in [1.807, 2.05) is 0 Å². The maximum absolute atomic E-state index is 12.8. The number of nitro benzene ring substituents is 1. The molecule has 0 fully saturated rings. The Labute approximate surface area is 142 Å². The van der Waals surface area contributed by atoms with Gasteiger partial charge in [0.1, 0.15) is 0 Å². The van der Waals surface area contributed by atoms with E-state index in [0.717, 1.165) is 6.07 Å². The Morgan fingerprint density at radius 1 is 1.21 bits per heavy atom. The lowest BCUT2D eigenvalue weighted by Crippen LogP contribution is -2.16. The highest BCUT2D eigenvalue weighted by Crippen LogP contribution is 2.36. The molecule has 0 saturated carbocycles. The molecule has 0 aliphatic rings. The number of rotatable bonds is 4. The Morgan fingerprint density at radius 3 is 2.50 bits per heavy atom. The van der Waals surface area contributed by atoms with Crippen LogP contribution < -0.4 is 5.32 Å². The molecule has 1 N–H and O–H groups in total. The van der Waals surface area contributed by atoms with E-state index in [-0.39, 0.29) is 27.8 Å². The number of hydrogen-bond acceptors (Lipinski definition) is 3. The van der Waals surface area contributed by atoms with Crippen molar-refractivity contribution in [3.63, 3.8) is 0 Å². The zero-order chi connectivity index (χ0) is 17.9. The van der Waals surface area contributed by atoms with Crippen LogP contribution in [-0.4, -0.2) is 10.8 Å². The Bertz CT molecular complexity index is 794. The van der Waals surface area contributed by atoms with E-state index in [4.69, 9.17) is 0 Å². The first-order valence-electron chi connectivity index (χ1n) is 6.57.